The van der Waals surface area contributed by atoms with Crippen LogP contribution in [0.4, 0.5) is 5.69 Å². The Hall–Kier alpha value is -1.26. The Morgan fingerprint density at radius 2 is 2.11 bits per heavy atom. The maximum absolute atomic E-state index is 12.3. The Morgan fingerprint density at radius 3 is 2.74 bits per heavy atom. The zero-order valence-electron chi connectivity index (χ0n) is 11.0. The molecule has 0 atom stereocenters. The number of nitrogens with two attached hydrogens (primary N) is 1. The van der Waals surface area contributed by atoms with Crippen molar-refractivity contribution in [2.24, 2.45) is 0 Å². The van der Waals surface area contributed by atoms with Gasteiger partial charge in [-0.2, -0.15) is 0 Å². The highest BCUT2D eigenvalue weighted by atomic mass is 35.5. The quantitative estimate of drug-likeness (QED) is 0.836. The van der Waals surface area contributed by atoms with Gasteiger partial charge in [0.25, 0.3) is 5.91 Å². The molecule has 1 aromatic rings. The normalized spacial score (nSPS) is 17.4. The first-order valence-corrected chi connectivity index (χ1v) is 6.83. The molecule has 3 N–H and O–H groups in total. The number of benzene rings is 1. The molecule has 0 unspecified atom stereocenters. The second-order valence-corrected chi connectivity index (χ2v) is 5.68. The minimum absolute atomic E-state index is 0.211. The zero-order valence-corrected chi connectivity index (χ0v) is 11.8. The van der Waals surface area contributed by atoms with Crippen LogP contribution < -0.4 is 5.73 Å². The lowest BCUT2D eigenvalue weighted by molar-refractivity contribution is 0.0157. The van der Waals surface area contributed by atoms with E-state index in [4.69, 9.17) is 17.3 Å². The van der Waals surface area contributed by atoms with Gasteiger partial charge in [0.2, 0.25) is 0 Å². The first-order chi connectivity index (χ1) is 8.93. The number of amides is 1. The topological polar surface area (TPSA) is 66.6 Å². The predicted molar refractivity (Wildman–Crippen MR) is 76.2 cm³/mol. The van der Waals surface area contributed by atoms with Crippen molar-refractivity contribution in [1.29, 1.82) is 0 Å². The Bertz CT molecular complexity index is 484. The summed E-state index contributed by atoms with van der Waals surface area (Å²) in [6.07, 6.45) is 3.51. The molecule has 0 radical (unpaired) electrons. The van der Waals surface area contributed by atoms with Crippen LogP contribution in [-0.2, 0) is 0 Å². The number of rotatable bonds is 3. The Balaban J connectivity index is 2.12. The van der Waals surface area contributed by atoms with Crippen LogP contribution in [0.3, 0.4) is 0 Å². The van der Waals surface area contributed by atoms with E-state index in [1.165, 1.54) is 4.90 Å². The minimum Gasteiger partial charge on any atom is -0.398 e. The van der Waals surface area contributed by atoms with Crippen LogP contribution in [0.15, 0.2) is 18.2 Å². The minimum atomic E-state index is -0.753. The van der Waals surface area contributed by atoms with Gasteiger partial charge < -0.3 is 15.7 Å². The maximum atomic E-state index is 12.3. The van der Waals surface area contributed by atoms with Crippen molar-refractivity contribution in [3.05, 3.63) is 28.8 Å². The second-order valence-electron chi connectivity index (χ2n) is 5.30. The molecule has 1 saturated carbocycles. The molecule has 104 valence electrons. The molecule has 1 fully saturated rings. The number of hydrogen-bond acceptors (Lipinski definition) is 3. The monoisotopic (exact) mass is 282 g/mol. The van der Waals surface area contributed by atoms with Crippen molar-refractivity contribution >= 4 is 23.2 Å². The molecule has 0 spiro atoms. The van der Waals surface area contributed by atoms with Crippen molar-refractivity contribution in [3.8, 4) is 0 Å². The van der Waals surface area contributed by atoms with Crippen LogP contribution in [0.25, 0.3) is 0 Å². The molecule has 1 amide bonds. The fourth-order valence-corrected chi connectivity index (χ4v) is 2.83. The van der Waals surface area contributed by atoms with Gasteiger partial charge in [0, 0.05) is 13.6 Å². The van der Waals surface area contributed by atoms with Crippen molar-refractivity contribution in [2.75, 3.05) is 19.3 Å². The number of nitrogen functional groups attached to an aromatic ring is 1. The average Bonchev–Trinajstić information content (AvgIpc) is 2.78. The molecule has 0 bridgehead atoms. The zero-order chi connectivity index (χ0) is 14.0. The molecule has 0 aliphatic heterocycles. The number of likely N-dealkylation sites (N-methyl/N-ethyl adjacent to an activating group) is 1. The summed E-state index contributed by atoms with van der Waals surface area (Å²) in [6.45, 7) is 0.330. The van der Waals surface area contributed by atoms with E-state index in [2.05, 4.69) is 0 Å². The number of carbonyl (C=O) groups is 1. The van der Waals surface area contributed by atoms with Crippen LogP contribution >= 0.6 is 11.6 Å². The number of nitrogens with zero attached hydrogens (tertiary/aromatic N) is 1. The molecule has 0 aromatic heterocycles. The van der Waals surface area contributed by atoms with Crippen LogP contribution in [0.2, 0.25) is 5.02 Å². The summed E-state index contributed by atoms with van der Waals surface area (Å²) in [5.41, 5.74) is 5.71. The van der Waals surface area contributed by atoms with Gasteiger partial charge in [-0.05, 0) is 25.0 Å². The summed E-state index contributed by atoms with van der Waals surface area (Å²) in [5.74, 6) is -0.211. The Kier molecular flexibility index (Phi) is 4.02. The van der Waals surface area contributed by atoms with Crippen LogP contribution in [0.5, 0.6) is 0 Å². The van der Waals surface area contributed by atoms with Crippen LogP contribution in [0, 0.1) is 0 Å². The smallest absolute Gasteiger partial charge is 0.255 e. The third kappa shape index (κ3) is 3.01. The summed E-state index contributed by atoms with van der Waals surface area (Å²) >= 11 is 6.05. The summed E-state index contributed by atoms with van der Waals surface area (Å²) in [6, 6.07) is 5.01. The standard InChI is InChI=1S/C14H19ClN2O2/c1-17(9-14(19)7-2-3-8-14)13(18)10-5-4-6-11(16)12(10)15/h4-6,19H,2-3,7-9,16H2,1H3. The van der Waals surface area contributed by atoms with E-state index in [0.717, 1.165) is 25.7 Å². The van der Waals surface area contributed by atoms with E-state index in [-0.39, 0.29) is 10.9 Å². The van der Waals surface area contributed by atoms with Crippen molar-refractivity contribution < 1.29 is 9.90 Å². The first-order valence-electron chi connectivity index (χ1n) is 6.45. The SMILES string of the molecule is CN(CC1(O)CCCC1)C(=O)c1cccc(N)c1Cl. The van der Waals surface area contributed by atoms with Gasteiger partial charge in [-0.25, -0.2) is 0 Å². The average molecular weight is 283 g/mol. The first kappa shape index (κ1) is 14.2. The van der Waals surface area contributed by atoms with Crippen LogP contribution in [-0.4, -0.2) is 35.1 Å². The van der Waals surface area contributed by atoms with Gasteiger partial charge in [0.05, 0.1) is 21.9 Å². The molecule has 1 aliphatic rings. The molecule has 2 rings (SSSR count). The van der Waals surface area contributed by atoms with Gasteiger partial charge in [-0.15, -0.1) is 0 Å². The van der Waals surface area contributed by atoms with E-state index in [9.17, 15) is 9.90 Å². The molecule has 0 heterocycles. The van der Waals surface area contributed by atoms with Crippen molar-refractivity contribution in [2.45, 2.75) is 31.3 Å². The summed E-state index contributed by atoms with van der Waals surface area (Å²) in [4.78, 5) is 13.8. The van der Waals surface area contributed by atoms with E-state index in [1.807, 2.05) is 0 Å². The third-order valence-electron chi connectivity index (χ3n) is 3.67. The summed E-state index contributed by atoms with van der Waals surface area (Å²) < 4.78 is 0. The van der Waals surface area contributed by atoms with E-state index in [1.54, 1.807) is 25.2 Å². The molecule has 0 saturated heterocycles. The number of aliphatic hydroxyl groups is 1. The fraction of sp³-hybridized carbons (Fsp3) is 0.500. The fourth-order valence-electron chi connectivity index (χ4n) is 2.63. The van der Waals surface area contributed by atoms with Gasteiger partial charge in [0.1, 0.15) is 0 Å². The Labute approximate surface area is 118 Å². The largest absolute Gasteiger partial charge is 0.398 e. The van der Waals surface area contributed by atoms with Gasteiger partial charge in [-0.1, -0.05) is 30.5 Å². The Morgan fingerprint density at radius 1 is 1.47 bits per heavy atom. The van der Waals surface area contributed by atoms with E-state index in [0.29, 0.717) is 17.8 Å². The number of carbonyl (C=O) groups excluding carboxylic acids is 1. The highest BCUT2D eigenvalue weighted by molar-refractivity contribution is 6.36. The maximum Gasteiger partial charge on any atom is 0.255 e. The van der Waals surface area contributed by atoms with Gasteiger partial charge in [-0.3, -0.25) is 4.79 Å². The lowest BCUT2D eigenvalue weighted by Gasteiger charge is -2.29. The lowest BCUT2D eigenvalue weighted by atomic mass is 10.0. The van der Waals surface area contributed by atoms with Gasteiger partial charge in [0.15, 0.2) is 0 Å². The number of hydrogen-bond donors (Lipinski definition) is 2. The lowest BCUT2D eigenvalue weighted by Crippen LogP contribution is -2.42. The van der Waals surface area contributed by atoms with Gasteiger partial charge >= 0.3 is 0 Å². The highest BCUT2D eigenvalue weighted by Crippen LogP contribution is 2.31. The predicted octanol–water partition coefficient (Wildman–Crippen LogP) is 2.30. The van der Waals surface area contributed by atoms with Crippen LogP contribution in [0.1, 0.15) is 36.0 Å². The summed E-state index contributed by atoms with van der Waals surface area (Å²) in [7, 11) is 1.68. The number of halogens is 1. The third-order valence-corrected chi connectivity index (χ3v) is 4.09. The molecule has 4 nitrogen and oxygen atoms in total. The number of anilines is 1. The van der Waals surface area contributed by atoms with Crippen molar-refractivity contribution in [3.63, 3.8) is 0 Å². The molecular weight excluding hydrogens is 264 g/mol. The molecule has 1 aliphatic carbocycles. The molecule has 1 aromatic carbocycles. The van der Waals surface area contributed by atoms with Crippen molar-refractivity contribution in [1.82, 2.24) is 4.90 Å². The summed E-state index contributed by atoms with van der Waals surface area (Å²) in [5, 5.41) is 10.6. The van der Waals surface area contributed by atoms with E-state index < -0.39 is 5.60 Å². The molecule has 5 heteroatoms. The molecular formula is C14H19ClN2O2. The second kappa shape index (κ2) is 5.39. The van der Waals surface area contributed by atoms with E-state index >= 15 is 0 Å². The highest BCUT2D eigenvalue weighted by Gasteiger charge is 2.33. The molecule has 19 heavy (non-hydrogen) atoms.